The van der Waals surface area contributed by atoms with Crippen LogP contribution < -0.4 is 4.90 Å². The van der Waals surface area contributed by atoms with Crippen molar-refractivity contribution in [3.05, 3.63) is 52.8 Å². The van der Waals surface area contributed by atoms with E-state index in [1.54, 1.807) is 6.92 Å². The molecule has 1 fully saturated rings. The number of Topliss-reactive ketones (excluding diaryl/α,β-unsaturated/α-hetero) is 2. The molecule has 2 aromatic rings. The number of hydrogen-bond acceptors (Lipinski definition) is 4. The first-order chi connectivity index (χ1) is 12.4. The average Bonchev–Trinajstić information content (AvgIpc) is 2.95. The van der Waals surface area contributed by atoms with Crippen LogP contribution in [0.4, 0.5) is 5.69 Å². The SMILES string of the molecule is CC(=O)c1c(C)[nH]c(C(=O)[C@H](C)N2CCN(c3ccccc3)CC2)c1C. The quantitative estimate of drug-likeness (QED) is 0.839. The number of nitrogens with one attached hydrogen (secondary N) is 1. The summed E-state index contributed by atoms with van der Waals surface area (Å²) in [5, 5.41) is 0. The molecule has 0 bridgehead atoms. The van der Waals surface area contributed by atoms with Gasteiger partial charge < -0.3 is 9.88 Å². The fourth-order valence-electron chi connectivity index (χ4n) is 3.91. The van der Waals surface area contributed by atoms with Gasteiger partial charge in [0.25, 0.3) is 0 Å². The molecule has 0 aliphatic carbocycles. The monoisotopic (exact) mass is 353 g/mol. The summed E-state index contributed by atoms with van der Waals surface area (Å²) in [6, 6.07) is 10.2. The zero-order valence-electron chi connectivity index (χ0n) is 16.0. The highest BCUT2D eigenvalue weighted by atomic mass is 16.1. The summed E-state index contributed by atoms with van der Waals surface area (Å²) >= 11 is 0. The van der Waals surface area contributed by atoms with Crippen LogP contribution in [0.25, 0.3) is 0 Å². The molecule has 0 radical (unpaired) electrons. The van der Waals surface area contributed by atoms with Gasteiger partial charge in [-0.2, -0.15) is 0 Å². The van der Waals surface area contributed by atoms with Gasteiger partial charge in [0, 0.05) is 43.1 Å². The number of carbonyl (C=O) groups is 2. The van der Waals surface area contributed by atoms with Crippen molar-refractivity contribution in [3.63, 3.8) is 0 Å². The molecular weight excluding hydrogens is 326 g/mol. The molecule has 3 rings (SSSR count). The van der Waals surface area contributed by atoms with E-state index in [9.17, 15) is 9.59 Å². The van der Waals surface area contributed by atoms with E-state index in [2.05, 4.69) is 39.0 Å². The van der Waals surface area contributed by atoms with Crippen molar-refractivity contribution in [2.45, 2.75) is 33.7 Å². The van der Waals surface area contributed by atoms with Crippen molar-refractivity contribution in [2.24, 2.45) is 0 Å². The van der Waals surface area contributed by atoms with Crippen LogP contribution in [-0.4, -0.2) is 53.7 Å². The van der Waals surface area contributed by atoms with Crippen LogP contribution in [0.2, 0.25) is 0 Å². The fourth-order valence-corrected chi connectivity index (χ4v) is 3.91. The average molecular weight is 353 g/mol. The molecule has 1 aliphatic heterocycles. The number of nitrogens with zero attached hydrogens (tertiary/aromatic N) is 2. The molecule has 0 amide bonds. The predicted octanol–water partition coefficient (Wildman–Crippen LogP) is 3.23. The molecular formula is C21H27N3O2. The minimum Gasteiger partial charge on any atom is -0.369 e. The number of hydrogen-bond donors (Lipinski definition) is 1. The fraction of sp³-hybridized carbons (Fsp3) is 0.429. The smallest absolute Gasteiger partial charge is 0.196 e. The Bertz CT molecular complexity index is 802. The van der Waals surface area contributed by atoms with Gasteiger partial charge in [-0.3, -0.25) is 14.5 Å². The van der Waals surface area contributed by atoms with Crippen LogP contribution in [0, 0.1) is 13.8 Å². The van der Waals surface area contributed by atoms with E-state index in [1.165, 1.54) is 5.69 Å². The summed E-state index contributed by atoms with van der Waals surface area (Å²) in [6.07, 6.45) is 0. The number of anilines is 1. The minimum absolute atomic E-state index is 0.000529. The van der Waals surface area contributed by atoms with Crippen LogP contribution >= 0.6 is 0 Å². The van der Waals surface area contributed by atoms with Crippen molar-refractivity contribution in [3.8, 4) is 0 Å². The van der Waals surface area contributed by atoms with Gasteiger partial charge in [0.2, 0.25) is 0 Å². The summed E-state index contributed by atoms with van der Waals surface area (Å²) in [7, 11) is 0. The Morgan fingerprint density at radius 3 is 2.19 bits per heavy atom. The van der Waals surface area contributed by atoms with Crippen LogP contribution in [0.1, 0.15) is 46.0 Å². The molecule has 1 saturated heterocycles. The van der Waals surface area contributed by atoms with Gasteiger partial charge in [-0.25, -0.2) is 0 Å². The third-order valence-electron chi connectivity index (χ3n) is 5.40. The number of rotatable bonds is 5. The second-order valence-corrected chi connectivity index (χ2v) is 7.08. The van der Waals surface area contributed by atoms with E-state index in [0.717, 1.165) is 37.4 Å². The number of H-pyrrole nitrogens is 1. The van der Waals surface area contributed by atoms with Gasteiger partial charge in [0.15, 0.2) is 11.6 Å². The molecule has 0 saturated carbocycles. The summed E-state index contributed by atoms with van der Waals surface area (Å²) in [5.74, 6) is 0.0608. The topological polar surface area (TPSA) is 56.4 Å². The van der Waals surface area contributed by atoms with E-state index >= 15 is 0 Å². The number of piperazine rings is 1. The third kappa shape index (κ3) is 3.44. The normalized spacial score (nSPS) is 16.5. The molecule has 138 valence electrons. The molecule has 2 heterocycles. The number of aromatic nitrogens is 1. The third-order valence-corrected chi connectivity index (χ3v) is 5.40. The number of aryl methyl sites for hydroxylation is 1. The lowest BCUT2D eigenvalue weighted by Crippen LogP contribution is -2.51. The van der Waals surface area contributed by atoms with Gasteiger partial charge in [-0.05, 0) is 45.4 Å². The maximum atomic E-state index is 13.0. The van der Waals surface area contributed by atoms with Gasteiger partial charge in [-0.15, -0.1) is 0 Å². The highest BCUT2D eigenvalue weighted by Gasteiger charge is 2.29. The summed E-state index contributed by atoms with van der Waals surface area (Å²) in [4.78, 5) is 32.5. The van der Waals surface area contributed by atoms with Crippen molar-refractivity contribution in [1.82, 2.24) is 9.88 Å². The molecule has 0 unspecified atom stereocenters. The number of aromatic amines is 1. The van der Waals surface area contributed by atoms with Gasteiger partial charge >= 0.3 is 0 Å². The van der Waals surface area contributed by atoms with Crippen LogP contribution in [0.5, 0.6) is 0 Å². The molecule has 5 nitrogen and oxygen atoms in total. The van der Waals surface area contributed by atoms with Crippen LogP contribution in [-0.2, 0) is 0 Å². The molecule has 5 heteroatoms. The van der Waals surface area contributed by atoms with E-state index in [0.29, 0.717) is 11.3 Å². The van der Waals surface area contributed by atoms with E-state index in [1.807, 2.05) is 26.8 Å². The first-order valence-corrected chi connectivity index (χ1v) is 9.18. The summed E-state index contributed by atoms with van der Waals surface area (Å²) < 4.78 is 0. The first-order valence-electron chi connectivity index (χ1n) is 9.18. The van der Waals surface area contributed by atoms with E-state index in [-0.39, 0.29) is 17.6 Å². The van der Waals surface area contributed by atoms with Gasteiger partial charge in [-0.1, -0.05) is 18.2 Å². The number of benzene rings is 1. The zero-order valence-corrected chi connectivity index (χ0v) is 16.0. The van der Waals surface area contributed by atoms with Crippen molar-refractivity contribution >= 4 is 17.3 Å². The maximum Gasteiger partial charge on any atom is 0.196 e. The summed E-state index contributed by atoms with van der Waals surface area (Å²) in [5.41, 5.74) is 4.00. The molecule has 0 spiro atoms. The second-order valence-electron chi connectivity index (χ2n) is 7.08. The predicted molar refractivity (Wildman–Crippen MR) is 104 cm³/mol. The lowest BCUT2D eigenvalue weighted by molar-refractivity contribution is 0.0824. The first kappa shape index (κ1) is 18.4. The van der Waals surface area contributed by atoms with Gasteiger partial charge in [0.1, 0.15) is 0 Å². The van der Waals surface area contributed by atoms with Crippen molar-refractivity contribution < 1.29 is 9.59 Å². The Morgan fingerprint density at radius 2 is 1.65 bits per heavy atom. The Hall–Kier alpha value is -2.40. The second kappa shape index (κ2) is 7.46. The molecule has 1 aromatic heterocycles. The van der Waals surface area contributed by atoms with Crippen LogP contribution in [0.3, 0.4) is 0 Å². The Kier molecular flexibility index (Phi) is 5.28. The zero-order chi connectivity index (χ0) is 18.8. The van der Waals surface area contributed by atoms with Crippen molar-refractivity contribution in [1.29, 1.82) is 0 Å². The Labute approximate surface area is 155 Å². The minimum atomic E-state index is -0.204. The highest BCUT2D eigenvalue weighted by molar-refractivity contribution is 6.05. The number of carbonyl (C=O) groups excluding carboxylic acids is 2. The lowest BCUT2D eigenvalue weighted by atomic mass is 10.0. The Balaban J connectivity index is 1.69. The van der Waals surface area contributed by atoms with Gasteiger partial charge in [0.05, 0.1) is 11.7 Å². The van der Waals surface area contributed by atoms with Crippen molar-refractivity contribution in [2.75, 3.05) is 31.1 Å². The standard InChI is InChI=1S/C21H27N3O2/c1-14-19(17(4)25)15(2)22-20(14)21(26)16(3)23-10-12-24(13-11-23)18-8-6-5-7-9-18/h5-9,16,22H,10-13H2,1-4H3/t16-/m0/s1. The largest absolute Gasteiger partial charge is 0.369 e. The van der Waals surface area contributed by atoms with Crippen LogP contribution in [0.15, 0.2) is 30.3 Å². The highest BCUT2D eigenvalue weighted by Crippen LogP contribution is 2.22. The molecule has 26 heavy (non-hydrogen) atoms. The molecule has 1 atom stereocenters. The molecule has 1 N–H and O–H groups in total. The number of para-hydroxylation sites is 1. The molecule has 1 aromatic carbocycles. The lowest BCUT2D eigenvalue weighted by Gasteiger charge is -2.38. The Morgan fingerprint density at radius 1 is 1.04 bits per heavy atom. The maximum absolute atomic E-state index is 13.0. The molecule has 1 aliphatic rings. The summed E-state index contributed by atoms with van der Waals surface area (Å²) in [6.45, 7) is 10.7. The number of ketones is 2. The van der Waals surface area contributed by atoms with E-state index < -0.39 is 0 Å². The van der Waals surface area contributed by atoms with E-state index in [4.69, 9.17) is 0 Å².